The Hall–Kier alpha value is -1.42. The summed E-state index contributed by atoms with van der Waals surface area (Å²) in [6.45, 7) is 0. The Balaban J connectivity index is 2.09. The van der Waals surface area contributed by atoms with Crippen LogP contribution in [0.2, 0.25) is 10.0 Å². The van der Waals surface area contributed by atoms with E-state index in [0.717, 1.165) is 16.1 Å². The van der Waals surface area contributed by atoms with Gasteiger partial charge in [-0.25, -0.2) is 0 Å². The number of anilines is 1. The van der Waals surface area contributed by atoms with Gasteiger partial charge in [-0.15, -0.1) is 11.8 Å². The Labute approximate surface area is 138 Å². The molecule has 2 aromatic rings. The van der Waals surface area contributed by atoms with Crippen molar-refractivity contribution in [1.29, 1.82) is 0 Å². The molecule has 0 atom stereocenters. The maximum atomic E-state index is 12.0. The van der Waals surface area contributed by atoms with Crippen molar-refractivity contribution in [3.63, 3.8) is 0 Å². The lowest BCUT2D eigenvalue weighted by molar-refractivity contribution is -0.111. The average Bonchev–Trinajstić information content (AvgIpc) is 2.47. The van der Waals surface area contributed by atoms with Crippen LogP contribution in [0.3, 0.4) is 0 Å². The second-order valence-electron chi connectivity index (χ2n) is 4.19. The number of para-hydroxylation sites is 1. The number of carbonyl (C=O) groups excluding carboxylic acids is 1. The summed E-state index contributed by atoms with van der Waals surface area (Å²) in [5, 5.41) is 3.92. The molecule has 0 aliphatic heterocycles. The molecule has 2 nitrogen and oxygen atoms in total. The van der Waals surface area contributed by atoms with Crippen LogP contribution in [0.5, 0.6) is 0 Å². The van der Waals surface area contributed by atoms with Gasteiger partial charge in [0.15, 0.2) is 0 Å². The summed E-state index contributed by atoms with van der Waals surface area (Å²) in [5.41, 5.74) is 1.54. The van der Waals surface area contributed by atoms with Crippen LogP contribution < -0.4 is 5.32 Å². The number of amides is 1. The highest BCUT2D eigenvalue weighted by Crippen LogP contribution is 2.25. The van der Waals surface area contributed by atoms with Crippen LogP contribution >= 0.6 is 35.0 Å². The zero-order chi connectivity index (χ0) is 15.2. The number of benzene rings is 2. The smallest absolute Gasteiger partial charge is 0.248 e. The van der Waals surface area contributed by atoms with E-state index >= 15 is 0 Å². The van der Waals surface area contributed by atoms with E-state index in [-0.39, 0.29) is 5.91 Å². The van der Waals surface area contributed by atoms with Gasteiger partial charge in [0.05, 0.1) is 5.69 Å². The molecule has 0 aliphatic rings. The van der Waals surface area contributed by atoms with Crippen LogP contribution in [0.1, 0.15) is 5.56 Å². The second-order valence-corrected chi connectivity index (χ2v) is 5.88. The first-order valence-corrected chi connectivity index (χ1v) is 8.15. The highest BCUT2D eigenvalue weighted by molar-refractivity contribution is 7.98. The molecule has 2 rings (SSSR count). The largest absolute Gasteiger partial charge is 0.321 e. The quantitative estimate of drug-likeness (QED) is 0.600. The molecule has 0 heterocycles. The minimum Gasteiger partial charge on any atom is -0.321 e. The van der Waals surface area contributed by atoms with E-state index in [9.17, 15) is 4.79 Å². The van der Waals surface area contributed by atoms with Gasteiger partial charge in [-0.1, -0.05) is 41.4 Å². The minimum absolute atomic E-state index is 0.206. The molecule has 0 unspecified atom stereocenters. The topological polar surface area (TPSA) is 29.1 Å². The minimum atomic E-state index is -0.206. The van der Waals surface area contributed by atoms with Crippen molar-refractivity contribution in [3.05, 3.63) is 64.1 Å². The van der Waals surface area contributed by atoms with Crippen LogP contribution in [0, 0.1) is 0 Å². The maximum Gasteiger partial charge on any atom is 0.248 e. The first-order chi connectivity index (χ1) is 10.1. The Kier molecular flexibility index (Phi) is 5.74. The summed E-state index contributed by atoms with van der Waals surface area (Å²) in [6.07, 6.45) is 5.08. The van der Waals surface area contributed by atoms with Gasteiger partial charge < -0.3 is 5.32 Å². The molecule has 108 valence electrons. The lowest BCUT2D eigenvalue weighted by Crippen LogP contribution is -2.08. The molecule has 0 radical (unpaired) electrons. The van der Waals surface area contributed by atoms with Crippen molar-refractivity contribution in [2.75, 3.05) is 11.6 Å². The molecule has 1 N–H and O–H groups in total. The van der Waals surface area contributed by atoms with Crippen molar-refractivity contribution in [2.45, 2.75) is 4.90 Å². The van der Waals surface area contributed by atoms with Gasteiger partial charge in [0.1, 0.15) is 0 Å². The van der Waals surface area contributed by atoms with Gasteiger partial charge in [0.2, 0.25) is 5.91 Å². The first kappa shape index (κ1) is 16.0. The van der Waals surface area contributed by atoms with Crippen molar-refractivity contribution in [1.82, 2.24) is 0 Å². The molecule has 0 aromatic heterocycles. The van der Waals surface area contributed by atoms with E-state index in [1.807, 2.05) is 30.5 Å². The molecule has 0 saturated carbocycles. The number of nitrogens with one attached hydrogen (secondary N) is 1. The number of carbonyl (C=O) groups is 1. The van der Waals surface area contributed by atoms with Gasteiger partial charge in [-0.3, -0.25) is 4.79 Å². The SMILES string of the molecule is CSc1ccccc1NC(=O)/C=C/c1ccc(Cl)cc1Cl. The fourth-order valence-corrected chi connectivity index (χ4v) is 2.75. The Morgan fingerprint density at radius 2 is 1.95 bits per heavy atom. The Morgan fingerprint density at radius 1 is 1.19 bits per heavy atom. The molecular formula is C16H13Cl2NOS. The van der Waals surface area contributed by atoms with E-state index in [2.05, 4.69) is 5.32 Å². The third-order valence-electron chi connectivity index (χ3n) is 2.74. The second kappa shape index (κ2) is 7.55. The normalized spacial score (nSPS) is 10.8. The molecule has 0 fully saturated rings. The Bertz CT molecular complexity index is 686. The third-order valence-corrected chi connectivity index (χ3v) is 4.10. The summed E-state index contributed by atoms with van der Waals surface area (Å²) in [5.74, 6) is -0.206. The molecule has 0 spiro atoms. The van der Waals surface area contributed by atoms with Crippen molar-refractivity contribution < 1.29 is 4.79 Å². The molecule has 2 aromatic carbocycles. The van der Waals surface area contributed by atoms with Crippen molar-refractivity contribution in [3.8, 4) is 0 Å². The summed E-state index contributed by atoms with van der Waals surface area (Å²) >= 11 is 13.5. The summed E-state index contributed by atoms with van der Waals surface area (Å²) in [7, 11) is 0. The van der Waals surface area contributed by atoms with Crippen LogP contribution in [0.4, 0.5) is 5.69 Å². The monoisotopic (exact) mass is 337 g/mol. The number of halogens is 2. The van der Waals surface area contributed by atoms with Crippen molar-refractivity contribution in [2.24, 2.45) is 0 Å². The van der Waals surface area contributed by atoms with Crippen LogP contribution in [0.25, 0.3) is 6.08 Å². The standard InChI is InChI=1S/C16H13Cl2NOS/c1-21-15-5-3-2-4-14(15)19-16(20)9-7-11-6-8-12(17)10-13(11)18/h2-10H,1H3,(H,19,20)/b9-7+. The lowest BCUT2D eigenvalue weighted by atomic mass is 10.2. The maximum absolute atomic E-state index is 12.0. The molecule has 5 heteroatoms. The van der Waals surface area contributed by atoms with Crippen LogP contribution in [0.15, 0.2) is 53.4 Å². The van der Waals surface area contributed by atoms with Gasteiger partial charge >= 0.3 is 0 Å². The average molecular weight is 338 g/mol. The third kappa shape index (κ3) is 4.53. The van der Waals surface area contributed by atoms with E-state index < -0.39 is 0 Å². The molecule has 0 bridgehead atoms. The molecular weight excluding hydrogens is 325 g/mol. The van der Waals surface area contributed by atoms with Gasteiger partial charge in [-0.05, 0) is 42.2 Å². The van der Waals surface area contributed by atoms with Gasteiger partial charge in [0.25, 0.3) is 0 Å². The zero-order valence-corrected chi connectivity index (χ0v) is 13.6. The fourth-order valence-electron chi connectivity index (χ4n) is 1.72. The fraction of sp³-hybridized carbons (Fsp3) is 0.0625. The predicted octanol–water partition coefficient (Wildman–Crippen LogP) is 5.37. The summed E-state index contributed by atoms with van der Waals surface area (Å²) in [6, 6.07) is 12.8. The van der Waals surface area contributed by atoms with Crippen LogP contribution in [-0.4, -0.2) is 12.2 Å². The summed E-state index contributed by atoms with van der Waals surface area (Å²) < 4.78 is 0. The number of hydrogen-bond donors (Lipinski definition) is 1. The zero-order valence-electron chi connectivity index (χ0n) is 11.3. The van der Waals surface area contributed by atoms with Gasteiger partial charge in [0, 0.05) is 21.0 Å². The van der Waals surface area contributed by atoms with E-state index in [4.69, 9.17) is 23.2 Å². The van der Waals surface area contributed by atoms with E-state index in [1.165, 1.54) is 6.08 Å². The highest BCUT2D eigenvalue weighted by Gasteiger charge is 2.03. The molecule has 0 saturated heterocycles. The van der Waals surface area contributed by atoms with E-state index in [1.54, 1.807) is 36.0 Å². The Morgan fingerprint density at radius 3 is 2.67 bits per heavy atom. The number of rotatable bonds is 4. The first-order valence-electron chi connectivity index (χ1n) is 6.17. The number of hydrogen-bond acceptors (Lipinski definition) is 2. The van der Waals surface area contributed by atoms with Gasteiger partial charge in [-0.2, -0.15) is 0 Å². The molecule has 0 aliphatic carbocycles. The highest BCUT2D eigenvalue weighted by atomic mass is 35.5. The van der Waals surface area contributed by atoms with Crippen LogP contribution in [-0.2, 0) is 4.79 Å². The summed E-state index contributed by atoms with van der Waals surface area (Å²) in [4.78, 5) is 13.0. The number of thioether (sulfide) groups is 1. The van der Waals surface area contributed by atoms with E-state index in [0.29, 0.717) is 10.0 Å². The van der Waals surface area contributed by atoms with Crippen molar-refractivity contribution >= 4 is 52.6 Å². The molecule has 1 amide bonds. The predicted molar refractivity (Wildman–Crippen MR) is 92.3 cm³/mol. The molecule has 21 heavy (non-hydrogen) atoms. The lowest BCUT2D eigenvalue weighted by Gasteiger charge is -2.07.